The first kappa shape index (κ1) is 29.2. The molecular formula is C23H41ClN4O5. The number of carboxylic acids is 1. The summed E-state index contributed by atoms with van der Waals surface area (Å²) in [6.45, 7) is 5.06. The Kier molecular flexibility index (Phi) is 14.0. The fraction of sp³-hybridized carbons (Fsp3) is 0.826. The van der Waals surface area contributed by atoms with Crippen molar-refractivity contribution in [1.82, 2.24) is 20.9 Å². The van der Waals surface area contributed by atoms with E-state index >= 15 is 0 Å². The molecule has 0 aromatic carbocycles. The lowest BCUT2D eigenvalue weighted by atomic mass is 9.92. The summed E-state index contributed by atoms with van der Waals surface area (Å²) in [6, 6.07) is 0. The average Bonchev–Trinajstić information content (AvgIpc) is 2.78. The first-order valence-corrected chi connectivity index (χ1v) is 12.2. The highest BCUT2D eigenvalue weighted by molar-refractivity contribution is 5.85. The number of likely N-dealkylation sites (tertiary alicyclic amines) is 1. The molecule has 9 nitrogen and oxygen atoms in total. The molecule has 0 aliphatic carbocycles. The van der Waals surface area contributed by atoms with E-state index in [4.69, 9.17) is 5.11 Å². The number of aliphatic carboxylic acids is 1. The van der Waals surface area contributed by atoms with Gasteiger partial charge in [0.25, 0.3) is 0 Å². The minimum atomic E-state index is -1.09. The number of carbonyl (C=O) groups excluding carboxylic acids is 3. The van der Waals surface area contributed by atoms with Gasteiger partial charge in [-0.1, -0.05) is 19.8 Å². The SMILES string of the molecule is CCCCCC(=O)N[C@H](CC(=O)O)NC(=O)[C@@H]1CCCN(C(=O)CCC2CCNCC2)C1.Cl. The van der Waals surface area contributed by atoms with E-state index in [1.54, 1.807) is 4.90 Å². The summed E-state index contributed by atoms with van der Waals surface area (Å²) in [4.78, 5) is 50.6. The van der Waals surface area contributed by atoms with Gasteiger partial charge in [0.05, 0.1) is 12.3 Å². The van der Waals surface area contributed by atoms with Crippen molar-refractivity contribution in [2.75, 3.05) is 26.2 Å². The second-order valence-corrected chi connectivity index (χ2v) is 9.09. The predicted molar refractivity (Wildman–Crippen MR) is 128 cm³/mol. The molecule has 4 N–H and O–H groups in total. The monoisotopic (exact) mass is 488 g/mol. The van der Waals surface area contributed by atoms with Crippen molar-refractivity contribution in [3.8, 4) is 0 Å². The van der Waals surface area contributed by atoms with E-state index in [0.29, 0.717) is 38.3 Å². The Morgan fingerprint density at radius 2 is 1.79 bits per heavy atom. The lowest BCUT2D eigenvalue weighted by molar-refractivity contribution is -0.138. The normalized spacial score (nSPS) is 19.8. The van der Waals surface area contributed by atoms with Crippen molar-refractivity contribution >= 4 is 36.1 Å². The number of rotatable bonds is 12. The van der Waals surface area contributed by atoms with Crippen LogP contribution in [0.15, 0.2) is 0 Å². The summed E-state index contributed by atoms with van der Waals surface area (Å²) in [5.74, 6) is -1.37. The maximum Gasteiger partial charge on any atom is 0.307 e. The Morgan fingerprint density at radius 1 is 1.06 bits per heavy atom. The highest BCUT2D eigenvalue weighted by Gasteiger charge is 2.30. The van der Waals surface area contributed by atoms with E-state index in [2.05, 4.69) is 16.0 Å². The van der Waals surface area contributed by atoms with Crippen molar-refractivity contribution < 1.29 is 24.3 Å². The first-order chi connectivity index (χ1) is 15.4. The molecule has 2 fully saturated rings. The number of halogens is 1. The molecule has 2 saturated heterocycles. The van der Waals surface area contributed by atoms with Gasteiger partial charge in [0.15, 0.2) is 0 Å². The summed E-state index contributed by atoms with van der Waals surface area (Å²) in [5.41, 5.74) is 0. The molecule has 0 radical (unpaired) electrons. The lowest BCUT2D eigenvalue weighted by Crippen LogP contribution is -2.53. The second-order valence-electron chi connectivity index (χ2n) is 9.09. The fourth-order valence-electron chi connectivity index (χ4n) is 4.48. The van der Waals surface area contributed by atoms with Gasteiger partial charge in [-0.25, -0.2) is 0 Å². The molecular weight excluding hydrogens is 448 g/mol. The zero-order chi connectivity index (χ0) is 23.3. The van der Waals surface area contributed by atoms with Crippen LogP contribution in [-0.4, -0.2) is 66.0 Å². The summed E-state index contributed by atoms with van der Waals surface area (Å²) < 4.78 is 0. The van der Waals surface area contributed by atoms with Gasteiger partial charge in [-0.2, -0.15) is 0 Å². The molecule has 2 aliphatic heterocycles. The lowest BCUT2D eigenvalue weighted by Gasteiger charge is -2.33. The second kappa shape index (κ2) is 15.9. The Hall–Kier alpha value is -1.87. The maximum atomic E-state index is 12.8. The molecule has 0 spiro atoms. The molecule has 0 saturated carbocycles. The van der Waals surface area contributed by atoms with Gasteiger partial charge in [-0.05, 0) is 57.5 Å². The number of unbranched alkanes of at least 4 members (excludes halogenated alkanes) is 2. The van der Waals surface area contributed by atoms with Gasteiger partial charge in [0, 0.05) is 25.9 Å². The molecule has 0 bridgehead atoms. The molecule has 0 aromatic heterocycles. The van der Waals surface area contributed by atoms with Gasteiger partial charge >= 0.3 is 5.97 Å². The van der Waals surface area contributed by atoms with Crippen LogP contribution in [0.5, 0.6) is 0 Å². The Labute approximate surface area is 203 Å². The van der Waals surface area contributed by atoms with Crippen LogP contribution in [0, 0.1) is 11.8 Å². The van der Waals surface area contributed by atoms with Gasteiger partial charge in [0.2, 0.25) is 17.7 Å². The molecule has 33 heavy (non-hydrogen) atoms. The number of nitrogens with zero attached hydrogens (tertiary/aromatic N) is 1. The van der Waals surface area contributed by atoms with Crippen molar-refractivity contribution in [3.05, 3.63) is 0 Å². The molecule has 2 atom stereocenters. The van der Waals surface area contributed by atoms with Crippen LogP contribution in [0.1, 0.15) is 77.6 Å². The minimum Gasteiger partial charge on any atom is -0.481 e. The van der Waals surface area contributed by atoms with Crippen molar-refractivity contribution in [3.63, 3.8) is 0 Å². The van der Waals surface area contributed by atoms with E-state index < -0.39 is 12.1 Å². The van der Waals surface area contributed by atoms with E-state index in [0.717, 1.165) is 58.0 Å². The zero-order valence-electron chi connectivity index (χ0n) is 19.8. The molecule has 190 valence electrons. The third-order valence-electron chi connectivity index (χ3n) is 6.41. The van der Waals surface area contributed by atoms with Crippen LogP contribution in [-0.2, 0) is 19.2 Å². The third-order valence-corrected chi connectivity index (χ3v) is 6.41. The van der Waals surface area contributed by atoms with Crippen molar-refractivity contribution in [2.24, 2.45) is 11.8 Å². The molecule has 3 amide bonds. The predicted octanol–water partition coefficient (Wildman–Crippen LogP) is 2.04. The Bertz CT molecular complexity index is 642. The number of carboxylic acid groups (broad SMARTS) is 1. The summed E-state index contributed by atoms with van der Waals surface area (Å²) in [5, 5.41) is 17.8. The van der Waals surface area contributed by atoms with Crippen LogP contribution in [0.25, 0.3) is 0 Å². The van der Waals surface area contributed by atoms with Crippen molar-refractivity contribution in [1.29, 1.82) is 0 Å². The molecule has 0 aromatic rings. The standard InChI is InChI=1S/C23H40N4O5.ClH/c1-2-3-4-7-20(28)25-19(15-22(30)31)26-23(32)18-6-5-14-27(16-18)21(29)9-8-17-10-12-24-13-11-17;/h17-19,24H,2-16H2,1H3,(H,25,28)(H,26,32)(H,30,31);1H/t18-,19+;/m1./s1. The summed E-state index contributed by atoms with van der Waals surface area (Å²) in [7, 11) is 0. The van der Waals surface area contributed by atoms with Gasteiger partial charge in [0.1, 0.15) is 6.17 Å². The average molecular weight is 489 g/mol. The Morgan fingerprint density at radius 3 is 2.45 bits per heavy atom. The molecule has 2 rings (SSSR count). The van der Waals surface area contributed by atoms with Crippen LogP contribution >= 0.6 is 12.4 Å². The van der Waals surface area contributed by atoms with Crippen LogP contribution in [0.3, 0.4) is 0 Å². The van der Waals surface area contributed by atoms with E-state index in [1.165, 1.54) is 0 Å². The number of carbonyl (C=O) groups is 4. The van der Waals surface area contributed by atoms with Crippen LogP contribution in [0.4, 0.5) is 0 Å². The highest BCUT2D eigenvalue weighted by atomic mass is 35.5. The van der Waals surface area contributed by atoms with Crippen molar-refractivity contribution in [2.45, 2.75) is 83.7 Å². The smallest absolute Gasteiger partial charge is 0.307 e. The molecule has 10 heteroatoms. The van der Waals surface area contributed by atoms with Gasteiger partial charge < -0.3 is 26.0 Å². The first-order valence-electron chi connectivity index (χ1n) is 12.2. The molecule has 2 heterocycles. The molecule has 2 aliphatic rings. The van der Waals surface area contributed by atoms with E-state index in [9.17, 15) is 19.2 Å². The van der Waals surface area contributed by atoms with E-state index in [-0.39, 0.29) is 42.5 Å². The van der Waals surface area contributed by atoms with E-state index in [1.807, 2.05) is 6.92 Å². The largest absolute Gasteiger partial charge is 0.481 e. The number of hydrogen-bond acceptors (Lipinski definition) is 5. The fourth-order valence-corrected chi connectivity index (χ4v) is 4.48. The molecule has 0 unspecified atom stereocenters. The number of piperidine rings is 2. The Balaban J connectivity index is 0.00000544. The van der Waals surface area contributed by atoms with Gasteiger partial charge in [-0.3, -0.25) is 19.2 Å². The highest BCUT2D eigenvalue weighted by Crippen LogP contribution is 2.21. The summed E-state index contributed by atoms with van der Waals surface area (Å²) in [6.07, 6.45) is 6.61. The topological polar surface area (TPSA) is 128 Å². The zero-order valence-corrected chi connectivity index (χ0v) is 20.6. The number of nitrogens with one attached hydrogen (secondary N) is 3. The third kappa shape index (κ3) is 11.2. The summed E-state index contributed by atoms with van der Waals surface area (Å²) >= 11 is 0. The quantitative estimate of drug-likeness (QED) is 0.246. The minimum absolute atomic E-state index is 0. The van der Waals surface area contributed by atoms with Gasteiger partial charge in [-0.15, -0.1) is 12.4 Å². The van der Waals surface area contributed by atoms with Crippen LogP contribution < -0.4 is 16.0 Å². The van der Waals surface area contributed by atoms with Crippen LogP contribution in [0.2, 0.25) is 0 Å². The number of amides is 3. The number of hydrogen-bond donors (Lipinski definition) is 4. The maximum absolute atomic E-state index is 12.8.